The summed E-state index contributed by atoms with van der Waals surface area (Å²) >= 11 is 0. The summed E-state index contributed by atoms with van der Waals surface area (Å²) < 4.78 is 0. The average Bonchev–Trinajstić information content (AvgIpc) is 2.41. The fraction of sp³-hybridized carbons (Fsp3) is 0.529. The van der Waals surface area contributed by atoms with Crippen molar-refractivity contribution in [3.8, 4) is 0 Å². The first-order chi connectivity index (χ1) is 9.99. The van der Waals surface area contributed by atoms with E-state index in [1.165, 1.54) is 0 Å². The maximum absolute atomic E-state index is 12.2. The smallest absolute Gasteiger partial charge is 0.305 e. The van der Waals surface area contributed by atoms with Crippen molar-refractivity contribution >= 4 is 11.9 Å². The van der Waals surface area contributed by atoms with Crippen molar-refractivity contribution in [2.75, 3.05) is 0 Å². The molecule has 0 spiro atoms. The van der Waals surface area contributed by atoms with E-state index in [9.17, 15) is 9.59 Å². The van der Waals surface area contributed by atoms with Gasteiger partial charge in [0.25, 0.3) is 0 Å². The number of amides is 1. The number of carbonyl (C=O) groups excluding carboxylic acids is 1. The molecule has 0 unspecified atom stereocenters. The van der Waals surface area contributed by atoms with E-state index in [1.807, 2.05) is 31.2 Å². The van der Waals surface area contributed by atoms with Gasteiger partial charge in [0.2, 0.25) is 5.91 Å². The van der Waals surface area contributed by atoms with Gasteiger partial charge in [-0.1, -0.05) is 49.1 Å². The zero-order chi connectivity index (χ0) is 15.3. The molecule has 21 heavy (non-hydrogen) atoms. The highest BCUT2D eigenvalue weighted by atomic mass is 16.4. The molecule has 1 aromatic carbocycles. The summed E-state index contributed by atoms with van der Waals surface area (Å²) in [5, 5.41) is 12.1. The molecule has 0 heterocycles. The van der Waals surface area contributed by atoms with Crippen molar-refractivity contribution in [2.24, 2.45) is 0 Å². The number of carboxylic acid groups (broad SMARTS) is 1. The number of hydrogen-bond donors (Lipinski definition) is 2. The Labute approximate surface area is 125 Å². The molecule has 1 aromatic rings. The van der Waals surface area contributed by atoms with Gasteiger partial charge in [0, 0.05) is 0 Å². The Hall–Kier alpha value is -1.84. The SMILES string of the molecule is Cc1ccc(CC(=O)NC2(CC(=O)O)CCCCC2)cc1. The van der Waals surface area contributed by atoms with Crippen molar-refractivity contribution in [1.29, 1.82) is 0 Å². The average molecular weight is 289 g/mol. The molecule has 0 aromatic heterocycles. The van der Waals surface area contributed by atoms with Gasteiger partial charge in [-0.05, 0) is 25.3 Å². The molecular weight excluding hydrogens is 266 g/mol. The Morgan fingerprint density at radius 3 is 2.33 bits per heavy atom. The van der Waals surface area contributed by atoms with E-state index < -0.39 is 11.5 Å². The molecule has 4 nitrogen and oxygen atoms in total. The molecule has 2 rings (SSSR count). The summed E-state index contributed by atoms with van der Waals surface area (Å²) in [6.45, 7) is 2.01. The Kier molecular flexibility index (Phi) is 4.99. The molecule has 1 aliphatic rings. The first-order valence-electron chi connectivity index (χ1n) is 7.57. The number of rotatable bonds is 5. The molecule has 0 aliphatic heterocycles. The molecule has 1 fully saturated rings. The third-order valence-corrected chi connectivity index (χ3v) is 4.19. The summed E-state index contributed by atoms with van der Waals surface area (Å²) in [6.07, 6.45) is 4.94. The van der Waals surface area contributed by atoms with Crippen LogP contribution in [0.1, 0.15) is 49.7 Å². The van der Waals surface area contributed by atoms with E-state index in [0.29, 0.717) is 6.42 Å². The van der Waals surface area contributed by atoms with Crippen LogP contribution in [-0.2, 0) is 16.0 Å². The summed E-state index contributed by atoms with van der Waals surface area (Å²) in [5.41, 5.74) is 1.57. The largest absolute Gasteiger partial charge is 0.481 e. The lowest BCUT2D eigenvalue weighted by atomic mass is 9.79. The highest BCUT2D eigenvalue weighted by molar-refractivity contribution is 5.80. The Morgan fingerprint density at radius 1 is 1.14 bits per heavy atom. The molecule has 0 atom stereocenters. The molecule has 0 radical (unpaired) electrons. The molecule has 114 valence electrons. The highest BCUT2D eigenvalue weighted by Gasteiger charge is 2.35. The fourth-order valence-corrected chi connectivity index (χ4v) is 3.10. The normalized spacial score (nSPS) is 17.2. The number of aliphatic carboxylic acids is 1. The number of aryl methyl sites for hydroxylation is 1. The van der Waals surface area contributed by atoms with Gasteiger partial charge in [0.05, 0.1) is 18.4 Å². The van der Waals surface area contributed by atoms with Crippen LogP contribution in [0.4, 0.5) is 0 Å². The van der Waals surface area contributed by atoms with Crippen molar-refractivity contribution in [2.45, 2.75) is 57.4 Å². The first-order valence-corrected chi connectivity index (χ1v) is 7.57. The number of carboxylic acids is 1. The van der Waals surface area contributed by atoms with Crippen molar-refractivity contribution in [3.05, 3.63) is 35.4 Å². The molecule has 1 amide bonds. The van der Waals surface area contributed by atoms with Crippen LogP contribution in [0.3, 0.4) is 0 Å². The standard InChI is InChI=1S/C17H23NO3/c1-13-5-7-14(8-6-13)11-15(19)18-17(12-16(20)21)9-3-2-4-10-17/h5-8H,2-4,9-12H2,1H3,(H,18,19)(H,20,21). The minimum absolute atomic E-state index is 0.0205. The lowest BCUT2D eigenvalue weighted by Gasteiger charge is -2.37. The summed E-state index contributed by atoms with van der Waals surface area (Å²) in [5.74, 6) is -0.922. The van der Waals surface area contributed by atoms with Gasteiger partial charge in [0.15, 0.2) is 0 Å². The second-order valence-electron chi connectivity index (χ2n) is 6.12. The number of hydrogen-bond acceptors (Lipinski definition) is 2. The van der Waals surface area contributed by atoms with Crippen LogP contribution in [0.15, 0.2) is 24.3 Å². The fourth-order valence-electron chi connectivity index (χ4n) is 3.10. The Morgan fingerprint density at radius 2 is 1.76 bits per heavy atom. The van der Waals surface area contributed by atoms with Crippen molar-refractivity contribution < 1.29 is 14.7 Å². The number of nitrogens with one attached hydrogen (secondary N) is 1. The molecule has 4 heteroatoms. The van der Waals surface area contributed by atoms with E-state index >= 15 is 0 Å². The van der Waals surface area contributed by atoms with Crippen LogP contribution >= 0.6 is 0 Å². The lowest BCUT2D eigenvalue weighted by molar-refractivity contribution is -0.139. The second-order valence-corrected chi connectivity index (χ2v) is 6.12. The van der Waals surface area contributed by atoms with Gasteiger partial charge in [0.1, 0.15) is 0 Å². The van der Waals surface area contributed by atoms with Crippen LogP contribution < -0.4 is 5.32 Å². The van der Waals surface area contributed by atoms with E-state index in [0.717, 1.165) is 43.2 Å². The van der Waals surface area contributed by atoms with Crippen LogP contribution in [0, 0.1) is 6.92 Å². The zero-order valence-electron chi connectivity index (χ0n) is 12.5. The summed E-state index contributed by atoms with van der Waals surface area (Å²) in [7, 11) is 0. The maximum atomic E-state index is 12.2. The number of benzene rings is 1. The second kappa shape index (κ2) is 6.74. The van der Waals surface area contributed by atoms with Crippen LogP contribution in [0.2, 0.25) is 0 Å². The van der Waals surface area contributed by atoms with Crippen LogP contribution in [0.5, 0.6) is 0 Å². The van der Waals surface area contributed by atoms with E-state index in [1.54, 1.807) is 0 Å². The predicted molar refractivity (Wildman–Crippen MR) is 81.1 cm³/mol. The summed E-state index contributed by atoms with van der Waals surface area (Å²) in [4.78, 5) is 23.3. The van der Waals surface area contributed by atoms with Gasteiger partial charge >= 0.3 is 5.97 Å². The van der Waals surface area contributed by atoms with Crippen molar-refractivity contribution in [1.82, 2.24) is 5.32 Å². The van der Waals surface area contributed by atoms with E-state index in [-0.39, 0.29) is 12.3 Å². The molecule has 2 N–H and O–H groups in total. The van der Waals surface area contributed by atoms with E-state index in [4.69, 9.17) is 5.11 Å². The Bertz CT molecular complexity index is 501. The molecule has 1 aliphatic carbocycles. The van der Waals surface area contributed by atoms with E-state index in [2.05, 4.69) is 5.32 Å². The van der Waals surface area contributed by atoms with Gasteiger partial charge in [-0.3, -0.25) is 9.59 Å². The predicted octanol–water partition coefficient (Wildman–Crippen LogP) is 2.83. The maximum Gasteiger partial charge on any atom is 0.305 e. The third-order valence-electron chi connectivity index (χ3n) is 4.19. The third kappa shape index (κ3) is 4.59. The number of carbonyl (C=O) groups is 2. The molecular formula is C17H23NO3. The lowest BCUT2D eigenvalue weighted by Crippen LogP contribution is -2.51. The molecule has 0 bridgehead atoms. The minimum Gasteiger partial charge on any atom is -0.481 e. The van der Waals surface area contributed by atoms with Gasteiger partial charge in [-0.2, -0.15) is 0 Å². The van der Waals surface area contributed by atoms with Gasteiger partial charge in [-0.15, -0.1) is 0 Å². The summed E-state index contributed by atoms with van der Waals surface area (Å²) in [6, 6.07) is 7.85. The quantitative estimate of drug-likeness (QED) is 0.876. The highest BCUT2D eigenvalue weighted by Crippen LogP contribution is 2.31. The first kappa shape index (κ1) is 15.5. The molecule has 0 saturated heterocycles. The van der Waals surface area contributed by atoms with Gasteiger partial charge in [-0.25, -0.2) is 0 Å². The van der Waals surface area contributed by atoms with Crippen molar-refractivity contribution in [3.63, 3.8) is 0 Å². The molecule has 1 saturated carbocycles. The zero-order valence-corrected chi connectivity index (χ0v) is 12.5. The topological polar surface area (TPSA) is 66.4 Å². The van der Waals surface area contributed by atoms with Crippen LogP contribution in [-0.4, -0.2) is 22.5 Å². The Balaban J connectivity index is 2.00. The van der Waals surface area contributed by atoms with Crippen LogP contribution in [0.25, 0.3) is 0 Å². The minimum atomic E-state index is -0.840. The monoisotopic (exact) mass is 289 g/mol. The van der Waals surface area contributed by atoms with Gasteiger partial charge < -0.3 is 10.4 Å².